The van der Waals surface area contributed by atoms with Crippen LogP contribution < -0.4 is 4.90 Å². The molecule has 5 nitrogen and oxygen atoms in total. The molecule has 0 aromatic carbocycles. The monoisotopic (exact) mass is 327 g/mol. The first-order valence-electron chi connectivity index (χ1n) is 8.39. The Balaban J connectivity index is 1.60. The fourth-order valence-electron chi connectivity index (χ4n) is 3.54. The number of aromatic nitrogens is 3. The average Bonchev–Trinajstić information content (AvgIpc) is 2.93. The highest BCUT2D eigenvalue weighted by molar-refractivity contribution is 6.06. The second kappa shape index (κ2) is 6.36. The van der Waals surface area contributed by atoms with E-state index in [-0.39, 0.29) is 12.7 Å². The number of ether oxygens (including phenoxy) is 1. The minimum atomic E-state index is -0.408. The predicted octanol–water partition coefficient (Wildman–Crippen LogP) is 3.08. The van der Waals surface area contributed by atoms with Gasteiger partial charge in [-0.15, -0.1) is 0 Å². The van der Waals surface area contributed by atoms with E-state index in [0.717, 1.165) is 53.7 Å². The Hall–Kier alpha value is -2.21. The van der Waals surface area contributed by atoms with E-state index in [1.807, 2.05) is 25.5 Å². The molecular formula is C18H21FN4O. The molecule has 1 aliphatic rings. The molecule has 0 radical (unpaired) electrons. The third kappa shape index (κ3) is 2.60. The molecule has 4 rings (SSSR count). The summed E-state index contributed by atoms with van der Waals surface area (Å²) in [5.41, 5.74) is 2.12. The minimum absolute atomic E-state index is 0.171. The van der Waals surface area contributed by atoms with E-state index in [2.05, 4.69) is 26.6 Å². The number of alkyl halides is 1. The first-order chi connectivity index (χ1) is 11.8. The standard InChI is InChI=1S/C18H21FN4O/c1-22-16-4-8-20-12-15(16)14-2-3-17(21-18(14)22)23-9-5-13(6-10-23)24-11-7-19/h2-4,8,12-13H,5-7,9-11H2,1H3/i19-1. The van der Waals surface area contributed by atoms with Crippen molar-refractivity contribution in [3.63, 3.8) is 0 Å². The molecule has 0 bridgehead atoms. The number of anilines is 1. The van der Waals surface area contributed by atoms with Crippen molar-refractivity contribution in [1.29, 1.82) is 0 Å². The van der Waals surface area contributed by atoms with Crippen molar-refractivity contribution in [2.45, 2.75) is 18.9 Å². The lowest BCUT2D eigenvalue weighted by Crippen LogP contribution is -2.37. The van der Waals surface area contributed by atoms with Crippen LogP contribution in [0, 0.1) is 0 Å². The third-order valence-electron chi connectivity index (χ3n) is 4.82. The number of aryl methyl sites for hydroxylation is 1. The Morgan fingerprint density at radius 1 is 1.21 bits per heavy atom. The lowest BCUT2D eigenvalue weighted by Gasteiger charge is -2.32. The second-order valence-electron chi connectivity index (χ2n) is 6.24. The molecule has 1 fully saturated rings. The molecule has 1 aliphatic heterocycles. The van der Waals surface area contributed by atoms with Crippen molar-refractivity contribution in [1.82, 2.24) is 14.5 Å². The fraction of sp³-hybridized carbons (Fsp3) is 0.444. The molecule has 0 saturated carbocycles. The van der Waals surface area contributed by atoms with Gasteiger partial charge in [0.05, 0.1) is 18.2 Å². The molecule has 0 atom stereocenters. The van der Waals surface area contributed by atoms with Gasteiger partial charge in [0.1, 0.15) is 18.1 Å². The van der Waals surface area contributed by atoms with Crippen molar-refractivity contribution in [3.05, 3.63) is 30.6 Å². The largest absolute Gasteiger partial charge is 0.375 e. The maximum absolute atomic E-state index is 12.2. The fourth-order valence-corrected chi connectivity index (χ4v) is 3.54. The van der Waals surface area contributed by atoms with Gasteiger partial charge in [0.2, 0.25) is 0 Å². The van der Waals surface area contributed by atoms with Crippen molar-refractivity contribution in [3.8, 4) is 0 Å². The highest BCUT2D eigenvalue weighted by Gasteiger charge is 2.21. The van der Waals surface area contributed by atoms with E-state index in [1.54, 1.807) is 0 Å². The van der Waals surface area contributed by atoms with Crippen LogP contribution >= 0.6 is 0 Å². The quantitative estimate of drug-likeness (QED) is 0.739. The molecule has 6 heteroatoms. The Labute approximate surface area is 140 Å². The molecule has 126 valence electrons. The van der Waals surface area contributed by atoms with E-state index < -0.39 is 6.67 Å². The van der Waals surface area contributed by atoms with Crippen molar-refractivity contribution in [2.75, 3.05) is 31.3 Å². The molecule has 24 heavy (non-hydrogen) atoms. The zero-order valence-corrected chi connectivity index (χ0v) is 13.8. The smallest absolute Gasteiger partial charge is 0.143 e. The topological polar surface area (TPSA) is 43.2 Å². The lowest BCUT2D eigenvalue weighted by molar-refractivity contribution is 0.0293. The molecule has 1 saturated heterocycles. The summed E-state index contributed by atoms with van der Waals surface area (Å²) in [6.07, 6.45) is 5.71. The summed E-state index contributed by atoms with van der Waals surface area (Å²) in [7, 11) is 2.04. The molecule has 3 aromatic heterocycles. The molecule has 0 N–H and O–H groups in total. The summed E-state index contributed by atoms with van der Waals surface area (Å²) in [4.78, 5) is 11.4. The second-order valence-corrected chi connectivity index (χ2v) is 6.24. The number of fused-ring (bicyclic) bond motifs is 3. The lowest BCUT2D eigenvalue weighted by atomic mass is 10.1. The van der Waals surface area contributed by atoms with Crippen LogP contribution in [0.25, 0.3) is 21.9 Å². The minimum Gasteiger partial charge on any atom is -0.375 e. The zero-order chi connectivity index (χ0) is 16.5. The van der Waals surface area contributed by atoms with Crippen LogP contribution in [0.15, 0.2) is 30.6 Å². The van der Waals surface area contributed by atoms with Crippen LogP contribution in [0.2, 0.25) is 0 Å². The molecular weight excluding hydrogens is 306 g/mol. The summed E-state index contributed by atoms with van der Waals surface area (Å²) in [5, 5.41) is 2.26. The summed E-state index contributed by atoms with van der Waals surface area (Å²) in [5.74, 6) is 0.991. The number of rotatable bonds is 4. The Morgan fingerprint density at radius 2 is 2.04 bits per heavy atom. The van der Waals surface area contributed by atoms with Gasteiger partial charge in [0.25, 0.3) is 0 Å². The Kier molecular flexibility index (Phi) is 4.06. The van der Waals surface area contributed by atoms with Gasteiger partial charge in [0, 0.05) is 43.3 Å². The number of hydrogen-bond acceptors (Lipinski definition) is 4. The van der Waals surface area contributed by atoms with Gasteiger partial charge in [-0.05, 0) is 31.0 Å². The average molecular weight is 327 g/mol. The Morgan fingerprint density at radius 3 is 2.83 bits per heavy atom. The number of halogens is 1. The number of pyridine rings is 2. The first kappa shape index (κ1) is 15.3. The summed E-state index contributed by atoms with van der Waals surface area (Å²) in [6, 6.07) is 6.23. The van der Waals surface area contributed by atoms with E-state index in [1.165, 1.54) is 0 Å². The Bertz CT molecular complexity index is 855. The van der Waals surface area contributed by atoms with Crippen molar-refractivity contribution < 1.29 is 9.13 Å². The summed E-state index contributed by atoms with van der Waals surface area (Å²) in [6.45, 7) is 1.58. The van der Waals surface area contributed by atoms with E-state index in [4.69, 9.17) is 9.72 Å². The van der Waals surface area contributed by atoms with Crippen LogP contribution in [0.5, 0.6) is 0 Å². The van der Waals surface area contributed by atoms with Gasteiger partial charge in [-0.3, -0.25) is 4.98 Å². The highest BCUT2D eigenvalue weighted by atomic mass is 18.2. The van der Waals surface area contributed by atoms with Crippen LogP contribution in [0.3, 0.4) is 0 Å². The maximum Gasteiger partial charge on any atom is 0.143 e. The van der Waals surface area contributed by atoms with Gasteiger partial charge in [-0.1, -0.05) is 0 Å². The number of piperidine rings is 1. The van der Waals surface area contributed by atoms with Crippen molar-refractivity contribution >= 4 is 27.8 Å². The van der Waals surface area contributed by atoms with Gasteiger partial charge in [-0.25, -0.2) is 9.37 Å². The molecule has 0 spiro atoms. The van der Waals surface area contributed by atoms with Crippen LogP contribution in [0.4, 0.5) is 10.2 Å². The van der Waals surface area contributed by atoms with E-state index >= 15 is 0 Å². The molecule has 0 amide bonds. The first-order valence-corrected chi connectivity index (χ1v) is 8.39. The molecule has 4 heterocycles. The summed E-state index contributed by atoms with van der Waals surface area (Å²) < 4.78 is 19.8. The van der Waals surface area contributed by atoms with Gasteiger partial charge in [-0.2, -0.15) is 0 Å². The third-order valence-corrected chi connectivity index (χ3v) is 4.82. The zero-order valence-electron chi connectivity index (χ0n) is 13.8. The van der Waals surface area contributed by atoms with Crippen LogP contribution in [-0.2, 0) is 11.8 Å². The van der Waals surface area contributed by atoms with Crippen molar-refractivity contribution in [2.24, 2.45) is 7.05 Å². The highest BCUT2D eigenvalue weighted by Crippen LogP contribution is 2.29. The number of hydrogen-bond donors (Lipinski definition) is 0. The molecule has 0 unspecified atom stereocenters. The van der Waals surface area contributed by atoms with E-state index in [0.29, 0.717) is 0 Å². The molecule has 3 aromatic rings. The van der Waals surface area contributed by atoms with Gasteiger partial charge in [0.15, 0.2) is 0 Å². The van der Waals surface area contributed by atoms with Gasteiger partial charge >= 0.3 is 0 Å². The maximum atomic E-state index is 12.2. The van der Waals surface area contributed by atoms with Crippen LogP contribution in [-0.4, -0.2) is 47.0 Å². The SMILES string of the molecule is Cn1c2ccncc2c2ccc(N3CCC(OCC[18F])CC3)nc21. The molecule has 0 aliphatic carbocycles. The normalized spacial score (nSPS) is 16.3. The number of nitrogens with zero attached hydrogens (tertiary/aromatic N) is 4. The predicted molar refractivity (Wildman–Crippen MR) is 93.2 cm³/mol. The van der Waals surface area contributed by atoms with Gasteiger partial charge < -0.3 is 14.2 Å². The van der Waals surface area contributed by atoms with E-state index in [9.17, 15) is 4.39 Å². The summed E-state index contributed by atoms with van der Waals surface area (Å²) >= 11 is 0. The van der Waals surface area contributed by atoms with Crippen LogP contribution in [0.1, 0.15) is 12.8 Å².